The third kappa shape index (κ3) is 4.92. The molecule has 1 fully saturated rings. The molecule has 1 aromatic heterocycles. The molecular formula is C26H27FN4O2. The van der Waals surface area contributed by atoms with Crippen molar-refractivity contribution >= 4 is 11.8 Å². The second-order valence-corrected chi connectivity index (χ2v) is 8.44. The molecule has 1 atom stereocenters. The van der Waals surface area contributed by atoms with Gasteiger partial charge in [-0.1, -0.05) is 30.3 Å². The summed E-state index contributed by atoms with van der Waals surface area (Å²) in [5.74, 6) is -0.777. The van der Waals surface area contributed by atoms with E-state index in [2.05, 4.69) is 15.3 Å². The number of nitrogens with one attached hydrogen (secondary N) is 1. The van der Waals surface area contributed by atoms with Gasteiger partial charge in [-0.2, -0.15) is 0 Å². The van der Waals surface area contributed by atoms with Crippen LogP contribution in [0.2, 0.25) is 0 Å². The lowest BCUT2D eigenvalue weighted by molar-refractivity contribution is -0.133. The molecule has 0 bridgehead atoms. The molecule has 1 N–H and O–H groups in total. The summed E-state index contributed by atoms with van der Waals surface area (Å²) in [5, 5.41) is 2.98. The molecule has 0 saturated carbocycles. The van der Waals surface area contributed by atoms with Gasteiger partial charge in [0.1, 0.15) is 12.1 Å². The lowest BCUT2D eigenvalue weighted by Gasteiger charge is -2.42. The topological polar surface area (TPSA) is 75.2 Å². The predicted molar refractivity (Wildman–Crippen MR) is 124 cm³/mol. The number of carbonyl (C=O) groups is 2. The Labute approximate surface area is 192 Å². The van der Waals surface area contributed by atoms with Gasteiger partial charge in [-0.25, -0.2) is 14.4 Å². The SMILES string of the molecule is CCNC(=O)[C@@]1(Cc2ccccc2-c2cncnc2)CCCN(C(=O)c2cccc(F)c2)C1. The molecule has 3 aromatic rings. The minimum Gasteiger partial charge on any atom is -0.356 e. The number of likely N-dealkylation sites (tertiary alicyclic amines) is 1. The van der Waals surface area contributed by atoms with E-state index in [9.17, 15) is 14.0 Å². The summed E-state index contributed by atoms with van der Waals surface area (Å²) in [7, 11) is 0. The van der Waals surface area contributed by atoms with Gasteiger partial charge >= 0.3 is 0 Å². The normalized spacial score (nSPS) is 18.1. The van der Waals surface area contributed by atoms with Crippen LogP contribution in [-0.2, 0) is 11.2 Å². The first kappa shape index (κ1) is 22.6. The van der Waals surface area contributed by atoms with Crippen LogP contribution in [0, 0.1) is 11.2 Å². The van der Waals surface area contributed by atoms with Crippen molar-refractivity contribution < 1.29 is 14.0 Å². The van der Waals surface area contributed by atoms with Gasteiger partial charge in [-0.15, -0.1) is 0 Å². The minimum absolute atomic E-state index is 0.0687. The number of amides is 2. The fourth-order valence-electron chi connectivity index (χ4n) is 4.63. The first-order chi connectivity index (χ1) is 16.0. The molecule has 6 nitrogen and oxygen atoms in total. The van der Waals surface area contributed by atoms with Crippen molar-refractivity contribution in [1.82, 2.24) is 20.2 Å². The summed E-state index contributed by atoms with van der Waals surface area (Å²) >= 11 is 0. The van der Waals surface area contributed by atoms with Crippen LogP contribution in [0.25, 0.3) is 11.1 Å². The molecule has 170 valence electrons. The molecule has 0 radical (unpaired) electrons. The van der Waals surface area contributed by atoms with Gasteiger partial charge in [0.15, 0.2) is 0 Å². The predicted octanol–water partition coefficient (Wildman–Crippen LogP) is 3.88. The van der Waals surface area contributed by atoms with Crippen LogP contribution >= 0.6 is 0 Å². The van der Waals surface area contributed by atoms with Crippen LogP contribution < -0.4 is 5.32 Å². The van der Waals surface area contributed by atoms with Crippen LogP contribution in [-0.4, -0.2) is 46.3 Å². The number of halogens is 1. The van der Waals surface area contributed by atoms with Gasteiger partial charge < -0.3 is 10.2 Å². The van der Waals surface area contributed by atoms with Crippen molar-refractivity contribution in [3.05, 3.63) is 84.2 Å². The standard InChI is InChI=1S/C26H27FN4O2/c1-2-30-25(33)26(14-20-7-3-4-10-23(20)21-15-28-18-29-16-21)11-6-12-31(17-26)24(32)19-8-5-9-22(27)13-19/h3-5,7-10,13,15-16,18H,2,6,11-12,14,17H2,1H3,(H,30,33)/t26-/m1/s1. The maximum Gasteiger partial charge on any atom is 0.253 e. The highest BCUT2D eigenvalue weighted by atomic mass is 19.1. The molecule has 4 rings (SSSR count). The van der Waals surface area contributed by atoms with E-state index in [4.69, 9.17) is 0 Å². The summed E-state index contributed by atoms with van der Waals surface area (Å²) in [6.45, 7) is 3.20. The summed E-state index contributed by atoms with van der Waals surface area (Å²) in [4.78, 5) is 36.5. The number of piperidine rings is 1. The number of rotatable bonds is 6. The molecule has 1 saturated heterocycles. The molecule has 1 aliphatic rings. The second-order valence-electron chi connectivity index (χ2n) is 8.44. The molecule has 0 spiro atoms. The number of benzene rings is 2. The van der Waals surface area contributed by atoms with Gasteiger partial charge in [-0.05, 0) is 55.5 Å². The third-order valence-corrected chi connectivity index (χ3v) is 6.17. The molecule has 7 heteroatoms. The van der Waals surface area contributed by atoms with Gasteiger partial charge in [0.05, 0.1) is 5.41 Å². The Kier molecular flexibility index (Phi) is 6.77. The minimum atomic E-state index is -0.789. The molecule has 2 heterocycles. The van der Waals surface area contributed by atoms with Crippen molar-refractivity contribution in [2.75, 3.05) is 19.6 Å². The largest absolute Gasteiger partial charge is 0.356 e. The maximum atomic E-state index is 13.7. The molecule has 0 aliphatic carbocycles. The zero-order chi connectivity index (χ0) is 23.3. The summed E-state index contributed by atoms with van der Waals surface area (Å²) in [6, 6.07) is 13.6. The maximum absolute atomic E-state index is 13.7. The number of hydrogen-bond donors (Lipinski definition) is 1. The first-order valence-electron chi connectivity index (χ1n) is 11.2. The smallest absolute Gasteiger partial charge is 0.253 e. The third-order valence-electron chi connectivity index (χ3n) is 6.17. The Morgan fingerprint density at radius 3 is 2.67 bits per heavy atom. The molecule has 2 aromatic carbocycles. The monoisotopic (exact) mass is 446 g/mol. The highest BCUT2D eigenvalue weighted by molar-refractivity contribution is 5.95. The second kappa shape index (κ2) is 9.90. The number of carbonyl (C=O) groups excluding carboxylic acids is 2. The van der Waals surface area contributed by atoms with Crippen molar-refractivity contribution in [3.63, 3.8) is 0 Å². The Morgan fingerprint density at radius 1 is 1.12 bits per heavy atom. The molecule has 33 heavy (non-hydrogen) atoms. The lowest BCUT2D eigenvalue weighted by atomic mass is 9.73. The number of nitrogens with zero attached hydrogens (tertiary/aromatic N) is 3. The van der Waals surface area contributed by atoms with Gasteiger partial charge in [0.2, 0.25) is 5.91 Å². The van der Waals surface area contributed by atoms with Gasteiger partial charge in [0, 0.05) is 43.2 Å². The zero-order valence-corrected chi connectivity index (χ0v) is 18.6. The average Bonchev–Trinajstić information content (AvgIpc) is 2.85. The fourth-order valence-corrected chi connectivity index (χ4v) is 4.63. The zero-order valence-electron chi connectivity index (χ0n) is 18.6. The Bertz CT molecular complexity index is 1140. The fraction of sp³-hybridized carbons (Fsp3) is 0.308. The van der Waals surface area contributed by atoms with Crippen LogP contribution in [0.1, 0.15) is 35.7 Å². The van der Waals surface area contributed by atoms with Crippen LogP contribution in [0.3, 0.4) is 0 Å². The van der Waals surface area contributed by atoms with E-state index in [1.807, 2.05) is 31.2 Å². The van der Waals surface area contributed by atoms with E-state index in [-0.39, 0.29) is 18.4 Å². The van der Waals surface area contributed by atoms with Crippen molar-refractivity contribution in [3.8, 4) is 11.1 Å². The Balaban J connectivity index is 1.68. The van der Waals surface area contributed by atoms with E-state index in [0.29, 0.717) is 37.9 Å². The average molecular weight is 447 g/mol. The molecule has 2 amide bonds. The highest BCUT2D eigenvalue weighted by Crippen LogP contribution is 2.37. The van der Waals surface area contributed by atoms with Gasteiger partial charge in [0.25, 0.3) is 5.91 Å². The Morgan fingerprint density at radius 2 is 1.91 bits per heavy atom. The number of aromatic nitrogens is 2. The first-order valence-corrected chi connectivity index (χ1v) is 11.2. The lowest BCUT2D eigenvalue weighted by Crippen LogP contribution is -2.54. The summed E-state index contributed by atoms with van der Waals surface area (Å²) in [5.41, 5.74) is 2.35. The van der Waals surface area contributed by atoms with Crippen LogP contribution in [0.15, 0.2) is 67.3 Å². The van der Waals surface area contributed by atoms with E-state index in [0.717, 1.165) is 16.7 Å². The van der Waals surface area contributed by atoms with E-state index in [1.54, 1.807) is 23.4 Å². The van der Waals surface area contributed by atoms with E-state index < -0.39 is 11.2 Å². The molecule has 1 aliphatic heterocycles. The molecule has 0 unspecified atom stereocenters. The van der Waals surface area contributed by atoms with Crippen molar-refractivity contribution in [2.24, 2.45) is 5.41 Å². The summed E-state index contributed by atoms with van der Waals surface area (Å²) in [6.07, 6.45) is 6.81. The van der Waals surface area contributed by atoms with Crippen molar-refractivity contribution in [2.45, 2.75) is 26.2 Å². The van der Waals surface area contributed by atoms with Crippen LogP contribution in [0.4, 0.5) is 4.39 Å². The van der Waals surface area contributed by atoms with Crippen molar-refractivity contribution in [1.29, 1.82) is 0 Å². The number of hydrogen-bond acceptors (Lipinski definition) is 4. The highest BCUT2D eigenvalue weighted by Gasteiger charge is 2.43. The quantitative estimate of drug-likeness (QED) is 0.624. The Hall–Kier alpha value is -3.61. The van der Waals surface area contributed by atoms with Gasteiger partial charge in [-0.3, -0.25) is 9.59 Å². The van der Waals surface area contributed by atoms with Crippen LogP contribution in [0.5, 0.6) is 0 Å². The van der Waals surface area contributed by atoms with E-state index >= 15 is 0 Å². The summed E-state index contributed by atoms with van der Waals surface area (Å²) < 4.78 is 13.7. The van der Waals surface area contributed by atoms with E-state index in [1.165, 1.54) is 24.5 Å². The molecular weight excluding hydrogens is 419 g/mol.